The van der Waals surface area contributed by atoms with E-state index in [9.17, 15) is 4.79 Å². The molecule has 6 nitrogen and oxygen atoms in total. The van der Waals surface area contributed by atoms with Gasteiger partial charge in [-0.2, -0.15) is 5.10 Å². The summed E-state index contributed by atoms with van der Waals surface area (Å²) in [5, 5.41) is 8.77. The van der Waals surface area contributed by atoms with Crippen LogP contribution in [0.1, 0.15) is 61.3 Å². The fourth-order valence-electron chi connectivity index (χ4n) is 3.15. The predicted molar refractivity (Wildman–Crippen MR) is 114 cm³/mol. The number of pyridine rings is 1. The number of nitrogens with zero attached hydrogens (tertiary/aromatic N) is 4. The molecule has 144 valence electrons. The van der Waals surface area contributed by atoms with Gasteiger partial charge < -0.3 is 0 Å². The van der Waals surface area contributed by atoms with E-state index in [1.54, 1.807) is 6.20 Å². The first-order valence-corrected chi connectivity index (χ1v) is 10.2. The summed E-state index contributed by atoms with van der Waals surface area (Å²) in [6.45, 7) is 10.3. The van der Waals surface area contributed by atoms with Crippen LogP contribution in [0.5, 0.6) is 0 Å². The third-order valence-corrected chi connectivity index (χ3v) is 5.61. The first kappa shape index (κ1) is 18.6. The lowest BCUT2D eigenvalue weighted by molar-refractivity contribution is 0.102. The number of rotatable bonds is 4. The van der Waals surface area contributed by atoms with Crippen molar-refractivity contribution in [2.75, 3.05) is 5.32 Å². The van der Waals surface area contributed by atoms with Crippen molar-refractivity contribution in [2.24, 2.45) is 0 Å². The van der Waals surface area contributed by atoms with Crippen LogP contribution in [0.3, 0.4) is 0 Å². The number of nitrogens with one attached hydrogen (secondary N) is 1. The Labute approximate surface area is 167 Å². The van der Waals surface area contributed by atoms with Crippen molar-refractivity contribution in [2.45, 2.75) is 46.6 Å². The van der Waals surface area contributed by atoms with Crippen LogP contribution in [-0.4, -0.2) is 25.7 Å². The third-order valence-electron chi connectivity index (χ3n) is 4.68. The van der Waals surface area contributed by atoms with Crippen LogP contribution in [0.25, 0.3) is 21.3 Å². The smallest absolute Gasteiger partial charge is 0.258 e. The maximum Gasteiger partial charge on any atom is 0.258 e. The van der Waals surface area contributed by atoms with Gasteiger partial charge >= 0.3 is 0 Å². The summed E-state index contributed by atoms with van der Waals surface area (Å²) in [5.41, 5.74) is 4.26. The number of hydrogen-bond donors (Lipinski definition) is 1. The Morgan fingerprint density at radius 1 is 1.14 bits per heavy atom. The lowest BCUT2D eigenvalue weighted by atomic mass is 10.0. The second kappa shape index (κ2) is 6.98. The summed E-state index contributed by atoms with van der Waals surface area (Å²) in [6.07, 6.45) is 1.73. The van der Waals surface area contributed by atoms with Gasteiger partial charge in [-0.1, -0.05) is 31.3 Å². The average Bonchev–Trinajstić information content (AvgIpc) is 3.23. The van der Waals surface area contributed by atoms with Crippen molar-refractivity contribution in [3.8, 4) is 0 Å². The number of fused-ring (bicyclic) bond motifs is 2. The van der Waals surface area contributed by atoms with Crippen LogP contribution in [0.4, 0.5) is 5.13 Å². The highest BCUT2D eigenvalue weighted by molar-refractivity contribution is 7.22. The Morgan fingerprint density at radius 2 is 1.93 bits per heavy atom. The minimum absolute atomic E-state index is 0.163. The summed E-state index contributed by atoms with van der Waals surface area (Å²) in [6, 6.07) is 8.11. The molecule has 0 aliphatic heterocycles. The van der Waals surface area contributed by atoms with Crippen LogP contribution >= 0.6 is 11.3 Å². The van der Waals surface area contributed by atoms with Crippen molar-refractivity contribution >= 4 is 43.6 Å². The second-order valence-electron chi connectivity index (χ2n) is 7.61. The molecule has 0 aliphatic rings. The molecule has 1 amide bonds. The lowest BCUT2D eigenvalue weighted by Crippen LogP contribution is -2.14. The number of anilines is 1. The van der Waals surface area contributed by atoms with Crippen molar-refractivity contribution in [3.63, 3.8) is 0 Å². The van der Waals surface area contributed by atoms with Gasteiger partial charge in [-0.15, -0.1) is 0 Å². The topological polar surface area (TPSA) is 72.7 Å². The van der Waals surface area contributed by atoms with Crippen molar-refractivity contribution < 1.29 is 4.79 Å². The SMILES string of the molecule is Cc1ccc2nc(NC(=O)c3cc(C(C)C)nc4c3cnn4C(C)C)sc2c1. The average molecular weight is 394 g/mol. The summed E-state index contributed by atoms with van der Waals surface area (Å²) >= 11 is 1.48. The van der Waals surface area contributed by atoms with E-state index in [-0.39, 0.29) is 17.9 Å². The number of carbonyl (C=O) groups excluding carboxylic acids is 1. The lowest BCUT2D eigenvalue weighted by Gasteiger charge is -2.11. The Morgan fingerprint density at radius 3 is 2.64 bits per heavy atom. The molecule has 0 saturated heterocycles. The van der Waals surface area contributed by atoms with Crippen LogP contribution in [0.2, 0.25) is 0 Å². The van der Waals surface area contributed by atoms with Crippen LogP contribution < -0.4 is 5.32 Å². The van der Waals surface area contributed by atoms with Gasteiger partial charge in [0.25, 0.3) is 5.91 Å². The molecule has 4 rings (SSSR count). The van der Waals surface area contributed by atoms with E-state index in [1.807, 2.05) is 29.8 Å². The van der Waals surface area contributed by atoms with E-state index >= 15 is 0 Å². The van der Waals surface area contributed by atoms with E-state index in [0.29, 0.717) is 10.7 Å². The van der Waals surface area contributed by atoms with Gasteiger partial charge in [0.2, 0.25) is 0 Å². The minimum Gasteiger partial charge on any atom is -0.298 e. The number of hydrogen-bond acceptors (Lipinski definition) is 5. The van der Waals surface area contributed by atoms with Crippen LogP contribution in [0.15, 0.2) is 30.5 Å². The zero-order valence-corrected chi connectivity index (χ0v) is 17.5. The van der Waals surface area contributed by atoms with Gasteiger partial charge in [-0.25, -0.2) is 14.6 Å². The molecule has 1 N–H and O–H groups in total. The highest BCUT2D eigenvalue weighted by Gasteiger charge is 2.20. The van der Waals surface area contributed by atoms with Crippen molar-refractivity contribution in [1.82, 2.24) is 19.7 Å². The zero-order valence-electron chi connectivity index (χ0n) is 16.6. The minimum atomic E-state index is -0.187. The maximum absolute atomic E-state index is 13.1. The summed E-state index contributed by atoms with van der Waals surface area (Å²) in [5.74, 6) is 0.0188. The van der Waals surface area contributed by atoms with E-state index in [4.69, 9.17) is 4.98 Å². The van der Waals surface area contributed by atoms with Crippen LogP contribution in [-0.2, 0) is 0 Å². The Kier molecular flexibility index (Phi) is 4.63. The molecule has 1 aromatic carbocycles. The summed E-state index contributed by atoms with van der Waals surface area (Å²) in [7, 11) is 0. The normalized spacial score (nSPS) is 11.8. The largest absolute Gasteiger partial charge is 0.298 e. The predicted octanol–water partition coefficient (Wildman–Crippen LogP) is 5.31. The molecular weight excluding hydrogens is 370 g/mol. The molecule has 0 fully saturated rings. The molecule has 4 aromatic rings. The first-order chi connectivity index (χ1) is 13.3. The Bertz CT molecular complexity index is 1190. The quantitative estimate of drug-likeness (QED) is 0.510. The van der Waals surface area contributed by atoms with Crippen LogP contribution in [0, 0.1) is 6.92 Å². The molecule has 0 bridgehead atoms. The van der Waals surface area contributed by atoms with E-state index in [0.717, 1.165) is 26.9 Å². The van der Waals surface area contributed by atoms with Gasteiger partial charge in [0.05, 0.1) is 27.4 Å². The maximum atomic E-state index is 13.1. The second-order valence-corrected chi connectivity index (χ2v) is 8.64. The number of aromatic nitrogens is 4. The molecular formula is C21H23N5OS. The Hall–Kier alpha value is -2.80. The molecule has 7 heteroatoms. The molecule has 0 unspecified atom stereocenters. The van der Waals surface area contributed by atoms with Crippen molar-refractivity contribution in [1.29, 1.82) is 0 Å². The van der Waals surface area contributed by atoms with E-state index in [2.05, 4.69) is 49.2 Å². The summed E-state index contributed by atoms with van der Waals surface area (Å²) in [4.78, 5) is 22.4. The number of amides is 1. The molecule has 0 spiro atoms. The molecule has 28 heavy (non-hydrogen) atoms. The molecule has 3 heterocycles. The third kappa shape index (κ3) is 3.26. The fourth-order valence-corrected chi connectivity index (χ4v) is 4.11. The van der Waals surface area contributed by atoms with Crippen molar-refractivity contribution in [3.05, 3.63) is 47.3 Å². The number of benzene rings is 1. The number of aryl methyl sites for hydroxylation is 1. The highest BCUT2D eigenvalue weighted by atomic mass is 32.1. The molecule has 0 radical (unpaired) electrons. The first-order valence-electron chi connectivity index (χ1n) is 9.40. The van der Waals surface area contributed by atoms with Gasteiger partial charge in [0.15, 0.2) is 10.8 Å². The number of carbonyl (C=O) groups is 1. The van der Waals surface area contributed by atoms with E-state index in [1.165, 1.54) is 16.9 Å². The zero-order chi connectivity index (χ0) is 20.0. The van der Waals surface area contributed by atoms with Gasteiger partial charge in [0, 0.05) is 11.7 Å². The molecule has 0 saturated carbocycles. The van der Waals surface area contributed by atoms with Gasteiger partial charge in [-0.05, 0) is 50.5 Å². The number of thiazole rings is 1. The molecule has 0 aliphatic carbocycles. The molecule has 0 atom stereocenters. The monoisotopic (exact) mass is 393 g/mol. The Balaban J connectivity index is 1.76. The van der Waals surface area contributed by atoms with Gasteiger partial charge in [-0.3, -0.25) is 10.1 Å². The van der Waals surface area contributed by atoms with E-state index < -0.39 is 0 Å². The molecule has 3 aromatic heterocycles. The fraction of sp³-hybridized carbons (Fsp3) is 0.333. The van der Waals surface area contributed by atoms with Gasteiger partial charge in [0.1, 0.15) is 0 Å². The standard InChI is InChI=1S/C21H23N5OS/c1-11(2)17-9-14(15-10-22-26(12(3)4)19(15)23-17)20(27)25-21-24-16-7-6-13(5)8-18(16)28-21/h6-12H,1-5H3,(H,24,25,27). The summed E-state index contributed by atoms with van der Waals surface area (Å²) < 4.78 is 2.92. The highest BCUT2D eigenvalue weighted by Crippen LogP contribution is 2.29.